The second-order valence-electron chi connectivity index (χ2n) is 8.96. The Kier molecular flexibility index (Phi) is 5.94. The number of fused-ring (bicyclic) bond motifs is 2. The molecule has 182 valence electrons. The zero-order valence-corrected chi connectivity index (χ0v) is 20.8. The Hall–Kier alpha value is -3.50. The van der Waals surface area contributed by atoms with Crippen molar-refractivity contribution in [2.45, 2.75) is 31.1 Å². The van der Waals surface area contributed by atoms with Crippen LogP contribution in [-0.2, 0) is 10.0 Å². The normalized spacial score (nSPS) is 16.5. The zero-order chi connectivity index (χ0) is 24.7. The lowest BCUT2D eigenvalue weighted by Gasteiger charge is -2.26. The summed E-state index contributed by atoms with van der Waals surface area (Å²) in [6.07, 6.45) is 4.43. The van der Waals surface area contributed by atoms with Crippen molar-refractivity contribution in [2.75, 3.05) is 42.3 Å². The van der Waals surface area contributed by atoms with Gasteiger partial charge in [0.2, 0.25) is 16.0 Å². The lowest BCUT2D eigenvalue weighted by Crippen LogP contribution is -2.35. The van der Waals surface area contributed by atoms with Gasteiger partial charge >= 0.3 is 0 Å². The minimum absolute atomic E-state index is 0.130. The summed E-state index contributed by atoms with van der Waals surface area (Å²) in [6, 6.07) is 12.5. The maximum atomic E-state index is 13.1. The molecule has 0 atom stereocenters. The van der Waals surface area contributed by atoms with Gasteiger partial charge in [-0.3, -0.25) is 4.79 Å². The first kappa shape index (κ1) is 23.3. The van der Waals surface area contributed by atoms with Gasteiger partial charge in [-0.2, -0.15) is 9.29 Å². The molecule has 0 unspecified atom stereocenters. The van der Waals surface area contributed by atoms with E-state index < -0.39 is 10.0 Å². The van der Waals surface area contributed by atoms with Gasteiger partial charge in [0.15, 0.2) is 5.82 Å². The van der Waals surface area contributed by atoms with Gasteiger partial charge < -0.3 is 15.1 Å². The molecule has 10 heteroatoms. The van der Waals surface area contributed by atoms with Crippen LogP contribution in [0.1, 0.15) is 35.2 Å². The highest BCUT2D eigenvalue weighted by Crippen LogP contribution is 2.38. The van der Waals surface area contributed by atoms with Crippen LogP contribution < -0.4 is 15.1 Å². The number of benzene rings is 2. The van der Waals surface area contributed by atoms with Crippen LogP contribution in [0.5, 0.6) is 0 Å². The summed E-state index contributed by atoms with van der Waals surface area (Å²) < 4.78 is 27.7. The number of aryl methyl sites for hydroxylation is 1. The first-order valence-corrected chi connectivity index (χ1v) is 13.1. The number of hydrogen-bond donors (Lipinski definition) is 1. The third-order valence-corrected chi connectivity index (χ3v) is 8.42. The Morgan fingerprint density at radius 3 is 2.49 bits per heavy atom. The van der Waals surface area contributed by atoms with E-state index in [0.29, 0.717) is 41.8 Å². The van der Waals surface area contributed by atoms with Crippen molar-refractivity contribution in [3.63, 3.8) is 0 Å². The number of nitrogens with one attached hydrogen (secondary N) is 1. The molecule has 1 amide bonds. The molecule has 1 saturated heterocycles. The third kappa shape index (κ3) is 4.23. The molecule has 0 spiro atoms. The van der Waals surface area contributed by atoms with Gasteiger partial charge in [-0.15, -0.1) is 0 Å². The number of amides is 1. The summed E-state index contributed by atoms with van der Waals surface area (Å²) in [5.74, 6) is 0.742. The predicted octanol–water partition coefficient (Wildman–Crippen LogP) is 4.06. The molecule has 0 saturated carbocycles. The minimum atomic E-state index is -3.56. The fraction of sp³-hybridized carbons (Fsp3) is 0.320. The molecule has 0 radical (unpaired) electrons. The highest BCUT2D eigenvalue weighted by Gasteiger charge is 2.29. The third-order valence-electron chi connectivity index (χ3n) is 6.52. The fourth-order valence-corrected chi connectivity index (χ4v) is 6.11. The first-order valence-electron chi connectivity index (χ1n) is 11.6. The molecule has 1 fully saturated rings. The van der Waals surface area contributed by atoms with Crippen LogP contribution >= 0.6 is 0 Å². The lowest BCUT2D eigenvalue weighted by atomic mass is 10.1. The van der Waals surface area contributed by atoms with Gasteiger partial charge in [-0.1, -0.05) is 24.1 Å². The molecule has 5 rings (SSSR count). The molecule has 9 nitrogen and oxygen atoms in total. The minimum Gasteiger partial charge on any atom is -0.327 e. The van der Waals surface area contributed by atoms with Crippen LogP contribution in [-0.4, -0.2) is 55.8 Å². The smallest absolute Gasteiger partial charge is 0.260 e. The standard InChI is InChI=1S/C25H28N6O3S/c1-17-10-11-21-20(14-17)24(32)30(3)22-16-26-25(28-23(22)29(21)2)27-18-8-7-9-19(15-18)35(33,34)31-12-5-4-6-13-31/h7-11,14-16H,4-6,12-13H2,1-3H3,(H,26,27,28). The number of carbonyl (C=O) groups excluding carboxylic acids is 1. The van der Waals surface area contributed by atoms with Crippen LogP contribution in [0.25, 0.3) is 0 Å². The molecule has 1 aromatic heterocycles. The Morgan fingerprint density at radius 2 is 1.71 bits per heavy atom. The fourth-order valence-electron chi connectivity index (χ4n) is 4.55. The van der Waals surface area contributed by atoms with E-state index in [1.54, 1.807) is 46.7 Å². The van der Waals surface area contributed by atoms with E-state index in [2.05, 4.69) is 15.3 Å². The summed E-state index contributed by atoms with van der Waals surface area (Å²) in [7, 11) is 0.0142. The molecular weight excluding hydrogens is 464 g/mol. The number of sulfonamides is 1. The van der Waals surface area contributed by atoms with Gasteiger partial charge in [-0.05, 0) is 50.1 Å². The Labute approximate surface area is 205 Å². The summed E-state index contributed by atoms with van der Waals surface area (Å²) >= 11 is 0. The molecule has 3 aromatic rings. The van der Waals surface area contributed by atoms with Crippen molar-refractivity contribution in [1.82, 2.24) is 14.3 Å². The zero-order valence-electron chi connectivity index (χ0n) is 20.0. The summed E-state index contributed by atoms with van der Waals surface area (Å²) in [4.78, 5) is 25.9. The summed E-state index contributed by atoms with van der Waals surface area (Å²) in [5, 5.41) is 3.13. The summed E-state index contributed by atoms with van der Waals surface area (Å²) in [6.45, 7) is 3.05. The molecule has 2 aliphatic rings. The van der Waals surface area contributed by atoms with Crippen LogP contribution in [0.3, 0.4) is 0 Å². The largest absolute Gasteiger partial charge is 0.327 e. The molecule has 0 aliphatic carbocycles. The molecule has 2 aliphatic heterocycles. The number of aromatic nitrogens is 2. The average Bonchev–Trinajstić information content (AvgIpc) is 2.94. The monoisotopic (exact) mass is 492 g/mol. The second-order valence-corrected chi connectivity index (χ2v) is 10.9. The van der Waals surface area contributed by atoms with E-state index in [0.717, 1.165) is 30.5 Å². The van der Waals surface area contributed by atoms with Crippen molar-refractivity contribution in [3.05, 3.63) is 59.8 Å². The molecular formula is C25H28N6O3S. The van der Waals surface area contributed by atoms with Gasteiger partial charge in [0.1, 0.15) is 5.69 Å². The van der Waals surface area contributed by atoms with Crippen molar-refractivity contribution in [2.24, 2.45) is 0 Å². The Bertz CT molecular complexity index is 1400. The van der Waals surface area contributed by atoms with Gasteiger partial charge in [0, 0.05) is 32.9 Å². The molecule has 3 heterocycles. The van der Waals surface area contributed by atoms with Gasteiger partial charge in [-0.25, -0.2) is 13.4 Å². The highest BCUT2D eigenvalue weighted by atomic mass is 32.2. The SMILES string of the molecule is Cc1ccc2c(c1)C(=O)N(C)c1cnc(Nc3cccc(S(=O)(=O)N4CCCCC4)c3)nc1N2C. The van der Waals surface area contributed by atoms with Crippen molar-refractivity contribution < 1.29 is 13.2 Å². The highest BCUT2D eigenvalue weighted by molar-refractivity contribution is 7.89. The van der Waals surface area contributed by atoms with Crippen molar-refractivity contribution in [3.8, 4) is 0 Å². The van der Waals surface area contributed by atoms with E-state index in [1.807, 2.05) is 37.1 Å². The van der Waals surface area contributed by atoms with E-state index in [9.17, 15) is 13.2 Å². The van der Waals surface area contributed by atoms with Gasteiger partial charge in [0.25, 0.3) is 5.91 Å². The Morgan fingerprint density at radius 1 is 0.943 bits per heavy atom. The van der Waals surface area contributed by atoms with Crippen LogP contribution in [0, 0.1) is 6.92 Å². The number of nitrogens with zero attached hydrogens (tertiary/aromatic N) is 5. The topological polar surface area (TPSA) is 98.7 Å². The van der Waals surface area contributed by atoms with Crippen molar-refractivity contribution >= 4 is 44.8 Å². The van der Waals surface area contributed by atoms with Crippen LogP contribution in [0.4, 0.5) is 28.8 Å². The van der Waals surface area contributed by atoms with Crippen molar-refractivity contribution in [1.29, 1.82) is 0 Å². The molecule has 2 aromatic carbocycles. The van der Waals surface area contributed by atoms with E-state index >= 15 is 0 Å². The quantitative estimate of drug-likeness (QED) is 0.586. The maximum absolute atomic E-state index is 13.1. The first-order chi connectivity index (χ1) is 16.8. The number of piperidine rings is 1. The maximum Gasteiger partial charge on any atom is 0.260 e. The lowest BCUT2D eigenvalue weighted by molar-refractivity contribution is 0.0994. The number of hydrogen-bond acceptors (Lipinski definition) is 7. The molecule has 0 bridgehead atoms. The second kappa shape index (κ2) is 8.94. The van der Waals surface area contributed by atoms with E-state index in [-0.39, 0.29) is 10.8 Å². The van der Waals surface area contributed by atoms with Gasteiger partial charge in [0.05, 0.1) is 22.3 Å². The molecule has 1 N–H and O–H groups in total. The predicted molar refractivity (Wildman–Crippen MR) is 136 cm³/mol. The van der Waals surface area contributed by atoms with Crippen LogP contribution in [0.2, 0.25) is 0 Å². The van der Waals surface area contributed by atoms with Crippen LogP contribution in [0.15, 0.2) is 53.6 Å². The number of rotatable bonds is 4. The summed E-state index contributed by atoms with van der Waals surface area (Å²) in [5.41, 5.74) is 3.50. The van der Waals surface area contributed by atoms with E-state index in [4.69, 9.17) is 0 Å². The average molecular weight is 493 g/mol. The molecule has 35 heavy (non-hydrogen) atoms. The Balaban J connectivity index is 1.47. The number of carbonyl (C=O) groups is 1. The van der Waals surface area contributed by atoms with E-state index in [1.165, 1.54) is 0 Å². The number of anilines is 5.